The third-order valence-electron chi connectivity index (χ3n) is 5.64. The highest BCUT2D eigenvalue weighted by Gasteiger charge is 2.53. The molecule has 2 aromatic rings. The molecule has 1 unspecified atom stereocenters. The Hall–Kier alpha value is -1.72. The highest BCUT2D eigenvalue weighted by Crippen LogP contribution is 2.53. The molecule has 1 aliphatic carbocycles. The number of H-pyrrole nitrogens is 1. The van der Waals surface area contributed by atoms with Crippen LogP contribution in [0.15, 0.2) is 18.2 Å². The van der Waals surface area contributed by atoms with E-state index in [1.54, 1.807) is 7.11 Å². The van der Waals surface area contributed by atoms with Crippen molar-refractivity contribution in [1.82, 2.24) is 10.3 Å². The molecule has 2 heterocycles. The van der Waals surface area contributed by atoms with Crippen LogP contribution >= 0.6 is 12.4 Å². The first kappa shape index (κ1) is 18.1. The maximum Gasteiger partial charge on any atom is 0.314 e. The summed E-state index contributed by atoms with van der Waals surface area (Å²) >= 11 is 0. The van der Waals surface area contributed by atoms with Crippen molar-refractivity contribution in [3.05, 3.63) is 29.5 Å². The van der Waals surface area contributed by atoms with Crippen molar-refractivity contribution in [1.29, 1.82) is 0 Å². The number of benzene rings is 1. The monoisotopic (exact) mass is 364 g/mol. The molecule has 2 aliphatic rings. The zero-order valence-corrected chi connectivity index (χ0v) is 15.5. The van der Waals surface area contributed by atoms with E-state index in [1.807, 2.05) is 13.0 Å². The predicted molar refractivity (Wildman–Crippen MR) is 99.5 cm³/mol. The van der Waals surface area contributed by atoms with Crippen LogP contribution in [0.1, 0.15) is 43.5 Å². The van der Waals surface area contributed by atoms with Crippen LogP contribution in [-0.2, 0) is 16.0 Å². The lowest BCUT2D eigenvalue weighted by molar-refractivity contribution is -0.164. The van der Waals surface area contributed by atoms with Gasteiger partial charge < -0.3 is 19.8 Å². The third kappa shape index (κ3) is 2.70. The first-order valence-corrected chi connectivity index (χ1v) is 8.78. The standard InChI is InChI=1S/C19H24N2O3.ClH/c1-3-24-18(22)19(8-4-9-19)17-16-13(7-10-20-17)14-11-12(23-2)5-6-15(14)21-16;/h5-6,11,17,20-21H,3-4,7-10H2,1-2H3;1H. The number of rotatable bonds is 4. The predicted octanol–water partition coefficient (Wildman–Crippen LogP) is 3.52. The number of hydrogen-bond donors (Lipinski definition) is 2. The van der Waals surface area contributed by atoms with E-state index in [4.69, 9.17) is 9.47 Å². The van der Waals surface area contributed by atoms with E-state index in [9.17, 15) is 4.79 Å². The second-order valence-electron chi connectivity index (χ2n) is 6.80. The van der Waals surface area contributed by atoms with Gasteiger partial charge in [0.1, 0.15) is 5.75 Å². The fourth-order valence-corrected chi connectivity index (χ4v) is 4.25. The van der Waals surface area contributed by atoms with Gasteiger partial charge >= 0.3 is 5.97 Å². The highest BCUT2D eigenvalue weighted by atomic mass is 35.5. The summed E-state index contributed by atoms with van der Waals surface area (Å²) in [4.78, 5) is 16.2. The van der Waals surface area contributed by atoms with Gasteiger partial charge in [-0.2, -0.15) is 0 Å². The number of esters is 1. The van der Waals surface area contributed by atoms with Crippen LogP contribution in [0.5, 0.6) is 5.75 Å². The molecule has 4 rings (SSSR count). The first-order chi connectivity index (χ1) is 11.7. The Kier molecular flexibility index (Phi) is 4.98. The van der Waals surface area contributed by atoms with E-state index >= 15 is 0 Å². The molecule has 0 spiro atoms. The Morgan fingerprint density at radius 1 is 1.36 bits per heavy atom. The smallest absolute Gasteiger partial charge is 0.314 e. The largest absolute Gasteiger partial charge is 0.497 e. The van der Waals surface area contributed by atoms with Gasteiger partial charge in [0.2, 0.25) is 0 Å². The van der Waals surface area contributed by atoms with Crippen LogP contribution in [0.4, 0.5) is 0 Å². The summed E-state index contributed by atoms with van der Waals surface area (Å²) in [6, 6.07) is 6.12. The molecular formula is C19H25ClN2O3. The minimum atomic E-state index is -0.420. The van der Waals surface area contributed by atoms with Gasteiger partial charge in [-0.3, -0.25) is 4.79 Å². The van der Waals surface area contributed by atoms with E-state index in [-0.39, 0.29) is 24.4 Å². The fourth-order valence-electron chi connectivity index (χ4n) is 4.25. The lowest BCUT2D eigenvalue weighted by Gasteiger charge is -2.46. The summed E-state index contributed by atoms with van der Waals surface area (Å²) in [5.41, 5.74) is 3.14. The van der Waals surface area contributed by atoms with Crippen LogP contribution in [0, 0.1) is 5.41 Å². The van der Waals surface area contributed by atoms with Crippen LogP contribution in [-0.4, -0.2) is 31.2 Å². The molecule has 0 bridgehead atoms. The van der Waals surface area contributed by atoms with Gasteiger partial charge in [-0.05, 0) is 56.5 Å². The number of aromatic amines is 1. The van der Waals surface area contributed by atoms with E-state index in [2.05, 4.69) is 22.4 Å². The van der Waals surface area contributed by atoms with Gasteiger partial charge in [0.05, 0.1) is 25.2 Å². The molecule has 1 atom stereocenters. The van der Waals surface area contributed by atoms with Crippen LogP contribution in [0.3, 0.4) is 0 Å². The second-order valence-corrected chi connectivity index (χ2v) is 6.80. The van der Waals surface area contributed by atoms with Crippen molar-refractivity contribution < 1.29 is 14.3 Å². The molecule has 1 aromatic heterocycles. The molecular weight excluding hydrogens is 340 g/mol. The van der Waals surface area contributed by atoms with Crippen molar-refractivity contribution in [2.75, 3.05) is 20.3 Å². The van der Waals surface area contributed by atoms with E-state index in [0.717, 1.165) is 49.2 Å². The minimum Gasteiger partial charge on any atom is -0.497 e. The molecule has 1 fully saturated rings. The molecule has 1 aliphatic heterocycles. The Bertz CT molecular complexity index is 782. The Labute approximate surface area is 153 Å². The lowest BCUT2D eigenvalue weighted by Crippen LogP contribution is -2.51. The summed E-state index contributed by atoms with van der Waals surface area (Å²) in [5.74, 6) is 0.806. The summed E-state index contributed by atoms with van der Waals surface area (Å²) < 4.78 is 10.8. The summed E-state index contributed by atoms with van der Waals surface area (Å²) in [6.45, 7) is 3.19. The number of carbonyl (C=O) groups is 1. The zero-order chi connectivity index (χ0) is 16.7. The van der Waals surface area contributed by atoms with Crippen molar-refractivity contribution in [2.45, 2.75) is 38.6 Å². The number of halogens is 1. The summed E-state index contributed by atoms with van der Waals surface area (Å²) in [5, 5.41) is 4.79. The molecule has 2 N–H and O–H groups in total. The van der Waals surface area contributed by atoms with Gasteiger partial charge in [-0.25, -0.2) is 0 Å². The van der Waals surface area contributed by atoms with E-state index in [0.29, 0.717) is 6.61 Å². The Morgan fingerprint density at radius 2 is 2.16 bits per heavy atom. The van der Waals surface area contributed by atoms with Gasteiger partial charge in [-0.1, -0.05) is 6.42 Å². The summed E-state index contributed by atoms with van der Waals surface area (Å²) in [7, 11) is 1.69. The van der Waals surface area contributed by atoms with Gasteiger partial charge in [0.15, 0.2) is 0 Å². The molecule has 0 radical (unpaired) electrons. The minimum absolute atomic E-state index is 0. The quantitative estimate of drug-likeness (QED) is 0.815. The first-order valence-electron chi connectivity index (χ1n) is 8.78. The SMILES string of the molecule is CCOC(=O)C1(C2NCCc3c2[nH]c2ccc(OC)cc32)CCC1.Cl. The number of carbonyl (C=O) groups excluding carboxylic acids is 1. The third-order valence-corrected chi connectivity index (χ3v) is 5.64. The van der Waals surface area contributed by atoms with Gasteiger partial charge in [0.25, 0.3) is 0 Å². The number of methoxy groups -OCH3 is 1. The zero-order valence-electron chi connectivity index (χ0n) is 14.7. The molecule has 25 heavy (non-hydrogen) atoms. The fraction of sp³-hybridized carbons (Fsp3) is 0.526. The molecule has 6 heteroatoms. The van der Waals surface area contributed by atoms with Crippen molar-refractivity contribution in [3.8, 4) is 5.75 Å². The normalized spacial score (nSPS) is 21.0. The van der Waals surface area contributed by atoms with Crippen molar-refractivity contribution in [2.24, 2.45) is 5.41 Å². The van der Waals surface area contributed by atoms with E-state index < -0.39 is 5.41 Å². The number of fused-ring (bicyclic) bond motifs is 3. The highest BCUT2D eigenvalue weighted by molar-refractivity contribution is 5.87. The van der Waals surface area contributed by atoms with Gasteiger partial charge in [0, 0.05) is 16.6 Å². The van der Waals surface area contributed by atoms with Crippen molar-refractivity contribution in [3.63, 3.8) is 0 Å². The average Bonchev–Trinajstić information content (AvgIpc) is 2.92. The topological polar surface area (TPSA) is 63.3 Å². The molecule has 136 valence electrons. The number of ether oxygens (including phenoxy) is 2. The molecule has 0 saturated heterocycles. The molecule has 1 aromatic carbocycles. The lowest BCUT2D eigenvalue weighted by atomic mass is 9.62. The Morgan fingerprint density at radius 3 is 2.80 bits per heavy atom. The second kappa shape index (κ2) is 6.89. The summed E-state index contributed by atoms with van der Waals surface area (Å²) in [6.07, 6.45) is 3.82. The number of aromatic nitrogens is 1. The number of hydrogen-bond acceptors (Lipinski definition) is 4. The van der Waals surface area contributed by atoms with Crippen molar-refractivity contribution >= 4 is 29.3 Å². The van der Waals surface area contributed by atoms with Gasteiger partial charge in [-0.15, -0.1) is 12.4 Å². The molecule has 0 amide bonds. The van der Waals surface area contributed by atoms with Crippen LogP contribution in [0.2, 0.25) is 0 Å². The molecule has 5 nitrogen and oxygen atoms in total. The maximum absolute atomic E-state index is 12.7. The average molecular weight is 365 g/mol. The number of nitrogens with one attached hydrogen (secondary N) is 2. The maximum atomic E-state index is 12.7. The van der Waals surface area contributed by atoms with E-state index in [1.165, 1.54) is 10.9 Å². The van der Waals surface area contributed by atoms with Crippen LogP contribution < -0.4 is 10.1 Å². The Balaban J connectivity index is 0.00000182. The van der Waals surface area contributed by atoms with Crippen LogP contribution in [0.25, 0.3) is 10.9 Å². The molecule has 1 saturated carbocycles.